The predicted molar refractivity (Wildman–Crippen MR) is 110 cm³/mol. The molecular weight excluding hydrogens is 350 g/mol. The molecule has 3 N–H and O–H groups in total. The second kappa shape index (κ2) is 10.2. The number of quaternary nitrogens is 2. The average molecular weight is 384 g/mol. The van der Waals surface area contributed by atoms with Gasteiger partial charge in [-0.3, -0.25) is 4.79 Å². The Balaban J connectivity index is 1.36. The van der Waals surface area contributed by atoms with Gasteiger partial charge in [0.25, 0.3) is 5.91 Å². The average Bonchev–Trinajstić information content (AvgIpc) is 2.70. The summed E-state index contributed by atoms with van der Waals surface area (Å²) in [5.74, 6) is 1.02. The SMILES string of the molecule is COc1ccc(C[NH+](C)CC(=O)NC2CC[NH+](Cc3ccccc3)CC2)cc1. The number of methoxy groups -OCH3 is 1. The number of hydrogen-bond donors (Lipinski definition) is 3. The van der Waals surface area contributed by atoms with E-state index in [0.29, 0.717) is 12.6 Å². The Morgan fingerprint density at radius 3 is 2.39 bits per heavy atom. The summed E-state index contributed by atoms with van der Waals surface area (Å²) in [6.07, 6.45) is 2.12. The van der Waals surface area contributed by atoms with Gasteiger partial charge >= 0.3 is 0 Å². The van der Waals surface area contributed by atoms with E-state index >= 15 is 0 Å². The van der Waals surface area contributed by atoms with E-state index < -0.39 is 0 Å². The van der Waals surface area contributed by atoms with Crippen molar-refractivity contribution in [1.82, 2.24) is 5.32 Å². The monoisotopic (exact) mass is 383 g/mol. The van der Waals surface area contributed by atoms with Crippen LogP contribution in [0.25, 0.3) is 0 Å². The molecule has 1 amide bonds. The first kappa shape index (κ1) is 20.4. The number of carbonyl (C=O) groups is 1. The molecule has 1 aliphatic heterocycles. The van der Waals surface area contributed by atoms with Gasteiger partial charge in [0, 0.05) is 30.0 Å². The van der Waals surface area contributed by atoms with Crippen LogP contribution in [0, 0.1) is 0 Å². The molecule has 1 fully saturated rings. The third kappa shape index (κ3) is 6.36. The highest BCUT2D eigenvalue weighted by molar-refractivity contribution is 5.77. The maximum atomic E-state index is 12.4. The second-order valence-corrected chi connectivity index (χ2v) is 7.91. The van der Waals surface area contributed by atoms with Crippen molar-refractivity contribution in [2.45, 2.75) is 32.0 Å². The smallest absolute Gasteiger partial charge is 0.275 e. The van der Waals surface area contributed by atoms with Gasteiger partial charge < -0.3 is 19.9 Å². The van der Waals surface area contributed by atoms with E-state index in [0.717, 1.165) is 44.8 Å². The van der Waals surface area contributed by atoms with Crippen molar-refractivity contribution in [3.8, 4) is 5.75 Å². The lowest BCUT2D eigenvalue weighted by Crippen LogP contribution is -3.12. The minimum Gasteiger partial charge on any atom is -0.497 e. The van der Waals surface area contributed by atoms with Crippen molar-refractivity contribution in [2.24, 2.45) is 0 Å². The fraction of sp³-hybridized carbons (Fsp3) is 0.435. The van der Waals surface area contributed by atoms with E-state index in [1.165, 1.54) is 16.0 Å². The number of piperidine rings is 1. The van der Waals surface area contributed by atoms with Crippen LogP contribution in [0.4, 0.5) is 0 Å². The molecule has 5 heteroatoms. The Bertz CT molecular complexity index is 725. The Kier molecular flexibility index (Phi) is 7.46. The summed E-state index contributed by atoms with van der Waals surface area (Å²) in [7, 11) is 3.74. The molecule has 0 spiro atoms. The van der Waals surface area contributed by atoms with Crippen LogP contribution in [0.1, 0.15) is 24.0 Å². The van der Waals surface area contributed by atoms with Gasteiger partial charge in [-0.05, 0) is 24.3 Å². The van der Waals surface area contributed by atoms with E-state index in [-0.39, 0.29) is 5.91 Å². The summed E-state index contributed by atoms with van der Waals surface area (Å²) in [6, 6.07) is 19.0. The lowest BCUT2D eigenvalue weighted by Gasteiger charge is -2.30. The normalized spacial score (nSPS) is 20.4. The molecule has 1 atom stereocenters. The molecule has 0 bridgehead atoms. The number of carbonyl (C=O) groups excluding carboxylic acids is 1. The molecule has 1 unspecified atom stereocenters. The minimum absolute atomic E-state index is 0.155. The number of hydrogen-bond acceptors (Lipinski definition) is 2. The van der Waals surface area contributed by atoms with Crippen LogP contribution in [0.5, 0.6) is 5.75 Å². The van der Waals surface area contributed by atoms with Gasteiger partial charge in [-0.25, -0.2) is 0 Å². The number of likely N-dealkylation sites (N-methyl/N-ethyl adjacent to an activating group) is 1. The zero-order valence-electron chi connectivity index (χ0n) is 17.0. The van der Waals surface area contributed by atoms with E-state index in [1.807, 2.05) is 12.1 Å². The van der Waals surface area contributed by atoms with E-state index in [4.69, 9.17) is 4.74 Å². The number of ether oxygens (including phenoxy) is 1. The fourth-order valence-electron chi connectivity index (χ4n) is 3.94. The molecule has 2 aromatic rings. The molecule has 1 heterocycles. The summed E-state index contributed by atoms with van der Waals surface area (Å²) in [5, 5.41) is 3.25. The number of rotatable bonds is 8. The van der Waals surface area contributed by atoms with Crippen molar-refractivity contribution in [3.05, 3.63) is 65.7 Å². The van der Waals surface area contributed by atoms with Crippen LogP contribution in [0.2, 0.25) is 0 Å². The summed E-state index contributed by atoms with van der Waals surface area (Å²) in [4.78, 5) is 15.2. The van der Waals surface area contributed by atoms with Crippen molar-refractivity contribution in [3.63, 3.8) is 0 Å². The van der Waals surface area contributed by atoms with Gasteiger partial charge in [-0.2, -0.15) is 0 Å². The lowest BCUT2D eigenvalue weighted by atomic mass is 10.0. The zero-order chi connectivity index (χ0) is 19.8. The quantitative estimate of drug-likeness (QED) is 0.604. The maximum absolute atomic E-state index is 12.4. The van der Waals surface area contributed by atoms with E-state index in [9.17, 15) is 4.79 Å². The van der Waals surface area contributed by atoms with Crippen molar-refractivity contribution < 1.29 is 19.3 Å². The Labute approximate surface area is 168 Å². The predicted octanol–water partition coefficient (Wildman–Crippen LogP) is 0.0736. The van der Waals surface area contributed by atoms with Crippen LogP contribution < -0.4 is 19.9 Å². The fourth-order valence-corrected chi connectivity index (χ4v) is 3.94. The highest BCUT2D eigenvalue weighted by Gasteiger charge is 2.24. The molecule has 0 radical (unpaired) electrons. The summed E-state index contributed by atoms with van der Waals surface area (Å²) >= 11 is 0. The first-order chi connectivity index (χ1) is 13.6. The van der Waals surface area contributed by atoms with Crippen LogP contribution >= 0.6 is 0 Å². The molecule has 0 saturated carbocycles. The number of amides is 1. The van der Waals surface area contributed by atoms with Crippen LogP contribution in [0.3, 0.4) is 0 Å². The van der Waals surface area contributed by atoms with Crippen LogP contribution in [-0.4, -0.2) is 45.7 Å². The van der Waals surface area contributed by atoms with Crippen molar-refractivity contribution in [2.75, 3.05) is 33.8 Å². The molecule has 28 heavy (non-hydrogen) atoms. The standard InChI is InChI=1S/C23H31N3O2/c1-25(16-20-8-10-22(28-2)11-9-20)18-23(27)24-21-12-14-26(15-13-21)17-19-6-4-3-5-7-19/h3-11,21H,12-18H2,1-2H3,(H,24,27)/p+2. The molecular formula is C23H33N3O2+2. The van der Waals surface area contributed by atoms with Gasteiger partial charge in [-0.15, -0.1) is 0 Å². The number of benzene rings is 2. The summed E-state index contributed by atoms with van der Waals surface area (Å²) in [5.41, 5.74) is 2.60. The van der Waals surface area contributed by atoms with E-state index in [2.05, 4.69) is 54.8 Å². The molecule has 3 rings (SSSR count). The molecule has 0 aromatic heterocycles. The Morgan fingerprint density at radius 1 is 1.07 bits per heavy atom. The van der Waals surface area contributed by atoms with Crippen molar-refractivity contribution in [1.29, 1.82) is 0 Å². The van der Waals surface area contributed by atoms with E-state index in [1.54, 1.807) is 12.0 Å². The molecule has 5 nitrogen and oxygen atoms in total. The van der Waals surface area contributed by atoms with Gasteiger partial charge in [0.05, 0.1) is 27.2 Å². The largest absolute Gasteiger partial charge is 0.497 e. The molecule has 150 valence electrons. The summed E-state index contributed by atoms with van der Waals surface area (Å²) < 4.78 is 5.19. The first-order valence-electron chi connectivity index (χ1n) is 10.2. The molecule has 0 aliphatic carbocycles. The maximum Gasteiger partial charge on any atom is 0.275 e. The van der Waals surface area contributed by atoms with Gasteiger partial charge in [-0.1, -0.05) is 30.3 Å². The molecule has 2 aromatic carbocycles. The van der Waals surface area contributed by atoms with Gasteiger partial charge in [0.15, 0.2) is 6.54 Å². The van der Waals surface area contributed by atoms with Crippen LogP contribution in [0.15, 0.2) is 54.6 Å². The molecule has 1 saturated heterocycles. The first-order valence-corrected chi connectivity index (χ1v) is 10.2. The minimum atomic E-state index is 0.155. The highest BCUT2D eigenvalue weighted by Crippen LogP contribution is 2.10. The van der Waals surface area contributed by atoms with Crippen LogP contribution in [-0.2, 0) is 17.9 Å². The topological polar surface area (TPSA) is 47.2 Å². The number of nitrogens with one attached hydrogen (secondary N) is 3. The second-order valence-electron chi connectivity index (χ2n) is 7.91. The number of likely N-dealkylation sites (tertiary alicyclic amines) is 1. The highest BCUT2D eigenvalue weighted by atomic mass is 16.5. The molecule has 1 aliphatic rings. The Morgan fingerprint density at radius 2 is 1.75 bits per heavy atom. The zero-order valence-corrected chi connectivity index (χ0v) is 17.0. The van der Waals surface area contributed by atoms with Crippen molar-refractivity contribution >= 4 is 5.91 Å². The van der Waals surface area contributed by atoms with Gasteiger partial charge in [0.2, 0.25) is 0 Å². The Hall–Kier alpha value is -2.37. The lowest BCUT2D eigenvalue weighted by molar-refractivity contribution is -0.918. The summed E-state index contributed by atoms with van der Waals surface area (Å²) in [6.45, 7) is 4.65. The van der Waals surface area contributed by atoms with Gasteiger partial charge in [0.1, 0.15) is 18.8 Å². The third-order valence-electron chi connectivity index (χ3n) is 5.48. The third-order valence-corrected chi connectivity index (χ3v) is 5.48.